The standard InChI is InChI=1S/C80H143N9O26/c1-53(2)61(97)24-13-11-9-7-6-8-10-12-23-60(96)46-80(50-110-40-28-68(101)84-34-20-31-81-65(98)25-14-17-37-113-62-43-57(47-90)74(104)77(107)71(62)87-54(3)93,51-111-41-29-69(102)85-35-21-32-82-66(99)26-15-18-38-114-63-44-58(48-91)75(105)78(108)72(63)88-55(4)94)52-112-42-30-70(103)86-36-22-33-83-67(100)27-16-19-39-115-64-45-59(49-92)76(106)79(109)73(64)89-56(5)95/h53,57-59,62-64,71-79,90-92,104-109H,6-52H2,1-5H3,(H,81,98)(H,82,99)(H,83,100)(H,84,101)(H,85,102)(H,86,103)(H,87,93)(H,88,94)(H,89,95)/t57?,58?,59?,62-,63-,64-,71?,72?,73?,74-,75-,76-,77?,78?,79?,80?/m1/s1. The van der Waals surface area contributed by atoms with Crippen LogP contribution in [-0.2, 0) is 81.2 Å². The highest BCUT2D eigenvalue weighted by Crippen LogP contribution is 2.32. The van der Waals surface area contributed by atoms with Crippen LogP contribution >= 0.6 is 0 Å². The molecule has 0 aromatic heterocycles. The van der Waals surface area contributed by atoms with E-state index in [9.17, 15) is 98.7 Å². The Morgan fingerprint density at radius 1 is 0.330 bits per heavy atom. The van der Waals surface area contributed by atoms with Gasteiger partial charge < -0.3 is 122 Å². The van der Waals surface area contributed by atoms with Crippen LogP contribution < -0.4 is 47.9 Å². The van der Waals surface area contributed by atoms with Crippen LogP contribution in [0.5, 0.6) is 0 Å². The SMILES string of the molecule is CC(=O)NC1C(O)[C@H](O)C(CO)C[C@H]1OCCCCC(=O)NCCCNC(=O)CCOCC(COCCC(=O)NCCCNC(=O)CCCCO[C@@H]1CC(CO)[C@@H](O)C(O)C1NC(C)=O)(COCCC(=O)NCCCNC(=O)CCCCO[C@@H]1CC(CO)[C@@H](O)C(O)C1NC(C)=O)CC(=O)CCCCCCCCCCC(=O)C(C)C. The molecule has 0 aromatic rings. The van der Waals surface area contributed by atoms with E-state index in [0.717, 1.165) is 44.9 Å². The summed E-state index contributed by atoms with van der Waals surface area (Å²) < 4.78 is 36.4. The Kier molecular flexibility index (Phi) is 54.2. The summed E-state index contributed by atoms with van der Waals surface area (Å²) in [5.41, 5.74) is -1.14. The zero-order chi connectivity index (χ0) is 84.9. The normalized spacial score (nSPS) is 23.9. The van der Waals surface area contributed by atoms with Crippen molar-refractivity contribution in [2.24, 2.45) is 29.1 Å². The van der Waals surface area contributed by atoms with E-state index in [1.807, 2.05) is 13.8 Å². The van der Waals surface area contributed by atoms with E-state index in [2.05, 4.69) is 47.9 Å². The van der Waals surface area contributed by atoms with Gasteiger partial charge in [0.1, 0.15) is 29.9 Å². The van der Waals surface area contributed by atoms with Crippen molar-refractivity contribution in [3.63, 3.8) is 0 Å². The Labute approximate surface area is 678 Å². The van der Waals surface area contributed by atoms with Crippen LogP contribution in [-0.4, -0.2) is 302 Å². The molecule has 0 aromatic carbocycles. The second-order valence-corrected chi connectivity index (χ2v) is 31.5. The second kappa shape index (κ2) is 60.4. The Balaban J connectivity index is 1.57. The number of nitrogens with one attached hydrogen (secondary N) is 9. The molecule has 3 aliphatic rings. The molecule has 18 N–H and O–H groups in total. The molecule has 9 unspecified atom stereocenters. The molecule has 35 nitrogen and oxygen atoms in total. The van der Waals surface area contributed by atoms with Crippen LogP contribution in [0.4, 0.5) is 0 Å². The second-order valence-electron chi connectivity index (χ2n) is 31.5. The molecule has 9 amide bonds. The van der Waals surface area contributed by atoms with Crippen molar-refractivity contribution in [1.82, 2.24) is 47.9 Å². The molecular formula is C80H143N9O26. The van der Waals surface area contributed by atoms with Gasteiger partial charge in [0.25, 0.3) is 0 Å². The number of hydrogen-bond acceptors (Lipinski definition) is 26. The number of ketones is 2. The van der Waals surface area contributed by atoms with Crippen LogP contribution in [0, 0.1) is 29.1 Å². The van der Waals surface area contributed by atoms with Crippen LogP contribution in [0.3, 0.4) is 0 Å². The summed E-state index contributed by atoms with van der Waals surface area (Å²) >= 11 is 0. The summed E-state index contributed by atoms with van der Waals surface area (Å²) in [6.07, 6.45) is 3.64. The van der Waals surface area contributed by atoms with E-state index in [0.29, 0.717) is 70.6 Å². The smallest absolute Gasteiger partial charge is 0.222 e. The summed E-state index contributed by atoms with van der Waals surface area (Å²) in [6.45, 7) is 8.31. The minimum absolute atomic E-state index is 0.0319. The molecule has 0 heterocycles. The summed E-state index contributed by atoms with van der Waals surface area (Å²) in [5, 5.41) is 117. The Morgan fingerprint density at radius 3 is 0.861 bits per heavy atom. The minimum atomic E-state index is -1.33. The van der Waals surface area contributed by atoms with Crippen LogP contribution in [0.15, 0.2) is 0 Å². The molecular weight excluding hydrogens is 1500 g/mol. The maximum absolute atomic E-state index is 14.1. The van der Waals surface area contributed by atoms with Gasteiger partial charge in [-0.25, -0.2) is 0 Å². The van der Waals surface area contributed by atoms with Gasteiger partial charge in [0.15, 0.2) is 0 Å². The first-order valence-electron chi connectivity index (χ1n) is 42.0. The zero-order valence-electron chi connectivity index (χ0n) is 68.9. The Morgan fingerprint density at radius 2 is 0.591 bits per heavy atom. The quantitative estimate of drug-likeness (QED) is 0.0342. The largest absolute Gasteiger partial charge is 0.396 e. The van der Waals surface area contributed by atoms with E-state index >= 15 is 0 Å². The first kappa shape index (κ1) is 103. The molecule has 15 atom stereocenters. The van der Waals surface area contributed by atoms with Crippen molar-refractivity contribution in [3.8, 4) is 0 Å². The number of carbonyl (C=O) groups excluding carboxylic acids is 11. The Hall–Kier alpha value is -6.03. The molecule has 0 spiro atoms. The summed E-state index contributed by atoms with van der Waals surface area (Å²) in [4.78, 5) is 139. The first-order chi connectivity index (χ1) is 55.0. The molecule has 0 radical (unpaired) electrons. The van der Waals surface area contributed by atoms with Gasteiger partial charge in [-0.15, -0.1) is 0 Å². The number of ether oxygens (including phenoxy) is 6. The number of amides is 9. The average molecular weight is 1650 g/mol. The molecule has 3 fully saturated rings. The van der Waals surface area contributed by atoms with Gasteiger partial charge in [-0.1, -0.05) is 52.4 Å². The number of hydrogen-bond donors (Lipinski definition) is 18. The lowest BCUT2D eigenvalue weighted by atomic mass is 9.79. The predicted molar refractivity (Wildman–Crippen MR) is 421 cm³/mol. The highest BCUT2D eigenvalue weighted by atomic mass is 16.5. The summed E-state index contributed by atoms with van der Waals surface area (Å²) in [6, 6.07) is -2.60. The minimum Gasteiger partial charge on any atom is -0.396 e. The third kappa shape index (κ3) is 44.0. The van der Waals surface area contributed by atoms with Crippen molar-refractivity contribution < 1.29 is 127 Å². The zero-order valence-corrected chi connectivity index (χ0v) is 68.9. The third-order valence-corrected chi connectivity index (χ3v) is 21.1. The lowest BCUT2D eigenvalue weighted by molar-refractivity contribution is -0.142. The van der Waals surface area contributed by atoms with E-state index in [1.54, 1.807) is 0 Å². The van der Waals surface area contributed by atoms with Crippen molar-refractivity contribution in [3.05, 3.63) is 0 Å². The van der Waals surface area contributed by atoms with Gasteiger partial charge in [-0.3, -0.25) is 52.7 Å². The van der Waals surface area contributed by atoms with Crippen molar-refractivity contribution >= 4 is 64.7 Å². The van der Waals surface area contributed by atoms with E-state index in [-0.39, 0.29) is 242 Å². The first-order valence-corrected chi connectivity index (χ1v) is 42.0. The van der Waals surface area contributed by atoms with Crippen molar-refractivity contribution in [2.75, 3.05) is 119 Å². The van der Waals surface area contributed by atoms with Gasteiger partial charge in [0.2, 0.25) is 53.2 Å². The van der Waals surface area contributed by atoms with E-state index in [1.165, 1.54) is 20.8 Å². The highest BCUT2D eigenvalue weighted by molar-refractivity contribution is 5.81. The highest BCUT2D eigenvalue weighted by Gasteiger charge is 2.47. The fourth-order valence-electron chi connectivity index (χ4n) is 14.3. The maximum Gasteiger partial charge on any atom is 0.222 e. The Bertz CT molecular complexity index is 2570. The van der Waals surface area contributed by atoms with Crippen molar-refractivity contribution in [1.29, 1.82) is 0 Å². The van der Waals surface area contributed by atoms with Gasteiger partial charge >= 0.3 is 0 Å². The average Bonchev–Trinajstić information content (AvgIpc) is 0.818. The fourth-order valence-corrected chi connectivity index (χ4v) is 14.3. The number of aliphatic hydroxyl groups excluding tert-OH is 9. The predicted octanol–water partition coefficient (Wildman–Crippen LogP) is -0.472. The van der Waals surface area contributed by atoms with E-state index < -0.39 is 114 Å². The number of carbonyl (C=O) groups is 11. The molecule has 35 heteroatoms. The molecule has 3 rings (SSSR count). The number of unbranched alkanes of at least 4 members (excludes halogenated alkanes) is 10. The topological polar surface area (TPSA) is 533 Å². The number of aliphatic hydroxyl groups is 9. The molecule has 664 valence electrons. The molecule has 0 aliphatic heterocycles. The molecule has 115 heavy (non-hydrogen) atoms. The van der Waals surface area contributed by atoms with Crippen LogP contribution in [0.2, 0.25) is 0 Å². The van der Waals surface area contributed by atoms with Crippen molar-refractivity contribution in [2.45, 2.75) is 294 Å². The van der Waals surface area contributed by atoms with Crippen LogP contribution in [0.1, 0.15) is 221 Å². The lowest BCUT2D eigenvalue weighted by Crippen LogP contribution is -2.61. The monoisotopic (exact) mass is 1650 g/mol. The number of rotatable bonds is 65. The summed E-state index contributed by atoms with van der Waals surface area (Å²) in [5.74, 6) is -4.49. The fraction of sp³-hybridized carbons (Fsp3) is 0.863. The van der Waals surface area contributed by atoms with Gasteiger partial charge in [-0.05, 0) is 89.9 Å². The molecule has 3 saturated carbocycles. The molecule has 0 saturated heterocycles. The molecule has 0 bridgehead atoms. The molecule has 3 aliphatic carbocycles. The summed E-state index contributed by atoms with van der Waals surface area (Å²) in [7, 11) is 0. The number of Topliss-reactive ketones (excluding diaryl/α,β-unsaturated/α-hetero) is 2. The van der Waals surface area contributed by atoms with Gasteiger partial charge in [-0.2, -0.15) is 0 Å². The lowest BCUT2D eigenvalue weighted by Gasteiger charge is -2.42. The maximum atomic E-state index is 14.1. The van der Waals surface area contributed by atoms with Gasteiger partial charge in [0, 0.05) is 187 Å². The third-order valence-electron chi connectivity index (χ3n) is 21.1. The van der Waals surface area contributed by atoms with E-state index in [4.69, 9.17) is 28.4 Å². The van der Waals surface area contributed by atoms with Crippen LogP contribution in [0.25, 0.3) is 0 Å². The van der Waals surface area contributed by atoms with Gasteiger partial charge in [0.05, 0.1) is 94.4 Å².